The second-order valence-electron chi connectivity index (χ2n) is 4.44. The van der Waals surface area contributed by atoms with E-state index in [0.717, 1.165) is 11.3 Å². The highest BCUT2D eigenvalue weighted by molar-refractivity contribution is 6.07. The van der Waals surface area contributed by atoms with Crippen LogP contribution >= 0.6 is 0 Å². The average molecular weight is 279 g/mol. The van der Waals surface area contributed by atoms with Gasteiger partial charge in [-0.3, -0.25) is 14.9 Å². The van der Waals surface area contributed by atoms with Crippen LogP contribution in [0, 0.1) is 0 Å². The molecule has 1 aromatic carbocycles. The minimum Gasteiger partial charge on any atom is -0.398 e. The number of nitrogens with zero attached hydrogens (tertiary/aromatic N) is 2. The zero-order chi connectivity index (χ0) is 14.7. The lowest BCUT2D eigenvalue weighted by Gasteiger charge is -2.04. The summed E-state index contributed by atoms with van der Waals surface area (Å²) in [5.74, 6) is 0.149. The maximum absolute atomic E-state index is 12.1. The summed E-state index contributed by atoms with van der Waals surface area (Å²) in [5, 5.41) is 9.65. The summed E-state index contributed by atoms with van der Waals surface area (Å²) >= 11 is 0. The van der Waals surface area contributed by atoms with Crippen molar-refractivity contribution in [3.8, 4) is 11.3 Å². The maximum atomic E-state index is 12.1. The molecule has 6 nitrogen and oxygen atoms in total. The van der Waals surface area contributed by atoms with Gasteiger partial charge in [-0.15, -0.1) is 0 Å². The number of nitrogens with two attached hydrogens (primary N) is 1. The smallest absolute Gasteiger partial charge is 0.258 e. The van der Waals surface area contributed by atoms with Crippen molar-refractivity contribution in [3.63, 3.8) is 0 Å². The van der Waals surface area contributed by atoms with Crippen LogP contribution in [-0.4, -0.2) is 21.1 Å². The summed E-state index contributed by atoms with van der Waals surface area (Å²) in [6.07, 6.45) is 3.39. The van der Waals surface area contributed by atoms with Gasteiger partial charge in [0.25, 0.3) is 5.91 Å². The number of anilines is 2. The number of aromatic nitrogens is 3. The molecule has 0 radical (unpaired) electrons. The Bertz CT molecular complexity index is 766. The number of hydrogen-bond acceptors (Lipinski definition) is 4. The molecule has 2 aromatic heterocycles. The summed E-state index contributed by atoms with van der Waals surface area (Å²) < 4.78 is 0. The van der Waals surface area contributed by atoms with Crippen LogP contribution in [0.5, 0.6) is 0 Å². The monoisotopic (exact) mass is 279 g/mol. The lowest BCUT2D eigenvalue weighted by molar-refractivity contribution is 0.102. The quantitative estimate of drug-likeness (QED) is 0.641. The van der Waals surface area contributed by atoms with Gasteiger partial charge < -0.3 is 11.1 Å². The van der Waals surface area contributed by atoms with Crippen LogP contribution in [0.4, 0.5) is 11.5 Å². The summed E-state index contributed by atoms with van der Waals surface area (Å²) in [7, 11) is 0. The van der Waals surface area contributed by atoms with E-state index >= 15 is 0 Å². The third-order valence-corrected chi connectivity index (χ3v) is 3.02. The predicted octanol–water partition coefficient (Wildman–Crippen LogP) is 2.31. The van der Waals surface area contributed by atoms with E-state index in [0.29, 0.717) is 17.1 Å². The van der Waals surface area contributed by atoms with Gasteiger partial charge in [-0.25, -0.2) is 0 Å². The molecule has 3 aromatic rings. The molecule has 0 aliphatic carbocycles. The zero-order valence-electron chi connectivity index (χ0n) is 11.1. The predicted molar refractivity (Wildman–Crippen MR) is 80.6 cm³/mol. The van der Waals surface area contributed by atoms with Crippen molar-refractivity contribution in [2.24, 2.45) is 0 Å². The fourth-order valence-corrected chi connectivity index (χ4v) is 1.95. The molecule has 104 valence electrons. The number of nitrogens with one attached hydrogen (secondary N) is 2. The van der Waals surface area contributed by atoms with Gasteiger partial charge >= 0.3 is 0 Å². The fourth-order valence-electron chi connectivity index (χ4n) is 1.95. The molecule has 0 saturated carbocycles. The van der Waals surface area contributed by atoms with Crippen LogP contribution < -0.4 is 11.1 Å². The van der Waals surface area contributed by atoms with Gasteiger partial charge in [-0.05, 0) is 24.3 Å². The van der Waals surface area contributed by atoms with E-state index in [9.17, 15) is 4.79 Å². The van der Waals surface area contributed by atoms with E-state index < -0.39 is 0 Å². The third-order valence-electron chi connectivity index (χ3n) is 3.02. The van der Waals surface area contributed by atoms with Gasteiger partial charge in [0.05, 0.1) is 11.3 Å². The number of para-hydroxylation sites is 1. The largest absolute Gasteiger partial charge is 0.398 e. The van der Waals surface area contributed by atoms with Crippen molar-refractivity contribution in [2.45, 2.75) is 0 Å². The SMILES string of the molecule is Nc1ccccc1C(=O)Nc1cc(-c2ccncc2)[nH]n1. The molecule has 0 atom stereocenters. The molecular weight excluding hydrogens is 266 g/mol. The molecule has 0 saturated heterocycles. The van der Waals surface area contributed by atoms with E-state index in [1.54, 1.807) is 42.7 Å². The number of carbonyl (C=O) groups is 1. The Labute approximate surface area is 121 Å². The summed E-state index contributed by atoms with van der Waals surface area (Å²) in [5.41, 5.74) is 8.37. The summed E-state index contributed by atoms with van der Waals surface area (Å²) in [4.78, 5) is 16.1. The number of pyridine rings is 1. The Hall–Kier alpha value is -3.15. The molecule has 0 unspecified atom stereocenters. The Morgan fingerprint density at radius 3 is 2.67 bits per heavy atom. The van der Waals surface area contributed by atoms with E-state index in [4.69, 9.17) is 5.73 Å². The van der Waals surface area contributed by atoms with Crippen LogP contribution in [0.3, 0.4) is 0 Å². The Morgan fingerprint density at radius 1 is 1.14 bits per heavy atom. The second-order valence-corrected chi connectivity index (χ2v) is 4.44. The topological polar surface area (TPSA) is 96.7 Å². The molecule has 0 aliphatic rings. The highest BCUT2D eigenvalue weighted by Crippen LogP contribution is 2.19. The molecule has 0 spiro atoms. The molecule has 21 heavy (non-hydrogen) atoms. The first-order valence-corrected chi connectivity index (χ1v) is 6.36. The molecule has 0 bridgehead atoms. The molecule has 6 heteroatoms. The van der Waals surface area contributed by atoms with Crippen LogP contribution in [0.25, 0.3) is 11.3 Å². The number of rotatable bonds is 3. The molecule has 3 rings (SSSR count). The minimum absolute atomic E-state index is 0.291. The highest BCUT2D eigenvalue weighted by Gasteiger charge is 2.11. The molecule has 1 amide bonds. The van der Waals surface area contributed by atoms with Crippen LogP contribution in [0.2, 0.25) is 0 Å². The van der Waals surface area contributed by atoms with E-state index in [-0.39, 0.29) is 5.91 Å². The van der Waals surface area contributed by atoms with Gasteiger partial charge in [-0.2, -0.15) is 5.10 Å². The van der Waals surface area contributed by atoms with Crippen molar-refractivity contribution >= 4 is 17.4 Å². The second kappa shape index (κ2) is 5.46. The summed E-state index contributed by atoms with van der Waals surface area (Å²) in [6.45, 7) is 0. The van der Waals surface area contributed by atoms with Crippen molar-refractivity contribution in [2.75, 3.05) is 11.1 Å². The highest BCUT2D eigenvalue weighted by atomic mass is 16.1. The van der Waals surface area contributed by atoms with Crippen LogP contribution in [0.1, 0.15) is 10.4 Å². The number of H-pyrrole nitrogens is 1. The standard InChI is InChI=1S/C15H13N5O/c16-12-4-2-1-3-11(12)15(21)18-14-9-13(19-20-14)10-5-7-17-8-6-10/h1-9H,16H2,(H2,18,19,20,21). The number of aromatic amines is 1. The first kappa shape index (κ1) is 12.9. The lowest BCUT2D eigenvalue weighted by Crippen LogP contribution is -2.14. The lowest BCUT2D eigenvalue weighted by atomic mass is 10.1. The van der Waals surface area contributed by atoms with E-state index in [1.165, 1.54) is 0 Å². The van der Waals surface area contributed by atoms with Crippen molar-refractivity contribution in [1.29, 1.82) is 0 Å². The molecular formula is C15H13N5O. The molecule has 4 N–H and O–H groups in total. The first-order chi connectivity index (χ1) is 10.2. The normalized spacial score (nSPS) is 10.3. The fraction of sp³-hybridized carbons (Fsp3) is 0. The first-order valence-electron chi connectivity index (χ1n) is 6.36. The third kappa shape index (κ3) is 2.74. The van der Waals surface area contributed by atoms with Gasteiger partial charge in [0.1, 0.15) is 0 Å². The number of nitrogen functional groups attached to an aromatic ring is 1. The minimum atomic E-state index is -0.291. The molecule has 2 heterocycles. The molecule has 0 fully saturated rings. The van der Waals surface area contributed by atoms with Crippen LogP contribution in [0.15, 0.2) is 54.9 Å². The van der Waals surface area contributed by atoms with Crippen molar-refractivity contribution < 1.29 is 4.79 Å². The average Bonchev–Trinajstić information content (AvgIpc) is 2.97. The Kier molecular flexibility index (Phi) is 3.34. The maximum Gasteiger partial charge on any atom is 0.258 e. The van der Waals surface area contributed by atoms with E-state index in [2.05, 4.69) is 20.5 Å². The number of benzene rings is 1. The number of hydrogen-bond donors (Lipinski definition) is 3. The van der Waals surface area contributed by atoms with Gasteiger partial charge in [0.15, 0.2) is 5.82 Å². The molecule has 0 aliphatic heterocycles. The van der Waals surface area contributed by atoms with E-state index in [1.807, 2.05) is 12.1 Å². The zero-order valence-corrected chi connectivity index (χ0v) is 11.1. The van der Waals surface area contributed by atoms with Gasteiger partial charge in [0.2, 0.25) is 0 Å². The summed E-state index contributed by atoms with van der Waals surface area (Å²) in [6, 6.07) is 12.4. The number of carbonyl (C=O) groups excluding carboxylic acids is 1. The van der Waals surface area contributed by atoms with Gasteiger partial charge in [-0.1, -0.05) is 12.1 Å². The Morgan fingerprint density at radius 2 is 1.90 bits per heavy atom. The van der Waals surface area contributed by atoms with Crippen molar-refractivity contribution in [1.82, 2.24) is 15.2 Å². The number of amides is 1. The van der Waals surface area contributed by atoms with Crippen molar-refractivity contribution in [3.05, 3.63) is 60.4 Å². The Balaban J connectivity index is 1.79. The van der Waals surface area contributed by atoms with Crippen LogP contribution in [-0.2, 0) is 0 Å². The van der Waals surface area contributed by atoms with Gasteiger partial charge in [0, 0.05) is 29.7 Å².